The number of benzene rings is 3. The number of aryl methyl sites for hydroxylation is 2. The van der Waals surface area contributed by atoms with Crippen LogP contribution in [0.3, 0.4) is 0 Å². The minimum absolute atomic E-state index is 0.0479. The van der Waals surface area contributed by atoms with Crippen LogP contribution in [0.2, 0.25) is 0 Å². The first-order chi connectivity index (χ1) is 13.7. The average Bonchev–Trinajstić information content (AvgIpc) is 3.10. The fraction of sp³-hybridized carbons (Fsp3) is 0.120. The van der Waals surface area contributed by atoms with E-state index >= 15 is 0 Å². The highest BCUT2D eigenvalue weighted by molar-refractivity contribution is 5.91. The molecule has 0 aliphatic carbocycles. The summed E-state index contributed by atoms with van der Waals surface area (Å²) >= 11 is 0. The second kappa shape index (κ2) is 8.05. The molecule has 3 aromatic carbocycles. The molecule has 0 spiro atoms. The number of allylic oxidation sites excluding steroid dienone is 1. The summed E-state index contributed by atoms with van der Waals surface area (Å²) in [5, 5.41) is 0. The molecule has 0 fully saturated rings. The standard InChI is InChI=1S/C25H22N2O/c1-19(28)11-12-21-13-15-22(16-14-21)25-26-23-9-5-6-10-24(23)27(25)18-17-20-7-3-2-4-8-20/h2-16H,17-18H2,1H3/b12-11+. The Hall–Kier alpha value is -3.46. The predicted octanol–water partition coefficient (Wildman–Crippen LogP) is 5.55. The van der Waals surface area contributed by atoms with Crippen LogP contribution in [0.5, 0.6) is 0 Å². The van der Waals surface area contributed by atoms with Gasteiger partial charge >= 0.3 is 0 Å². The number of imidazole rings is 1. The van der Waals surface area contributed by atoms with E-state index in [1.54, 1.807) is 13.0 Å². The SMILES string of the molecule is CC(=O)/C=C/c1ccc(-c2nc3ccccc3n2CCc2ccccc2)cc1. The lowest BCUT2D eigenvalue weighted by Gasteiger charge is -2.10. The van der Waals surface area contributed by atoms with Gasteiger partial charge in [0.25, 0.3) is 0 Å². The third kappa shape index (κ3) is 3.94. The molecule has 0 atom stereocenters. The van der Waals surface area contributed by atoms with Gasteiger partial charge in [-0.15, -0.1) is 0 Å². The van der Waals surface area contributed by atoms with Crippen LogP contribution in [0.4, 0.5) is 0 Å². The Bertz CT molecular complexity index is 1120. The topological polar surface area (TPSA) is 34.9 Å². The first kappa shape index (κ1) is 17.9. The van der Waals surface area contributed by atoms with E-state index in [9.17, 15) is 4.79 Å². The molecule has 4 aromatic rings. The third-order valence-electron chi connectivity index (χ3n) is 4.80. The second-order valence-corrected chi connectivity index (χ2v) is 6.88. The second-order valence-electron chi connectivity index (χ2n) is 6.88. The van der Waals surface area contributed by atoms with Crippen molar-refractivity contribution in [2.24, 2.45) is 0 Å². The summed E-state index contributed by atoms with van der Waals surface area (Å²) in [5.41, 5.74) is 5.55. The Morgan fingerprint density at radius 1 is 0.929 bits per heavy atom. The molecule has 1 aromatic heterocycles. The van der Waals surface area contributed by atoms with Crippen LogP contribution in [0.15, 0.2) is 84.9 Å². The first-order valence-corrected chi connectivity index (χ1v) is 9.49. The Morgan fingerprint density at radius 3 is 2.39 bits per heavy atom. The van der Waals surface area contributed by atoms with Crippen molar-refractivity contribution in [1.29, 1.82) is 0 Å². The highest BCUT2D eigenvalue weighted by Crippen LogP contribution is 2.26. The van der Waals surface area contributed by atoms with E-state index in [0.29, 0.717) is 0 Å². The summed E-state index contributed by atoms with van der Waals surface area (Å²) < 4.78 is 2.29. The monoisotopic (exact) mass is 366 g/mol. The zero-order valence-electron chi connectivity index (χ0n) is 15.9. The summed E-state index contributed by atoms with van der Waals surface area (Å²) in [6, 6.07) is 27.0. The van der Waals surface area contributed by atoms with Gasteiger partial charge in [-0.1, -0.05) is 72.8 Å². The molecule has 0 radical (unpaired) electrons. The molecule has 3 heteroatoms. The van der Waals surface area contributed by atoms with Gasteiger partial charge in [-0.2, -0.15) is 0 Å². The summed E-state index contributed by atoms with van der Waals surface area (Å²) in [6.45, 7) is 2.42. The smallest absolute Gasteiger partial charge is 0.152 e. The van der Waals surface area contributed by atoms with Crippen molar-refractivity contribution in [2.75, 3.05) is 0 Å². The van der Waals surface area contributed by atoms with E-state index in [1.807, 2.05) is 30.3 Å². The number of nitrogens with zero attached hydrogens (tertiary/aromatic N) is 2. The van der Waals surface area contributed by atoms with Crippen LogP contribution >= 0.6 is 0 Å². The van der Waals surface area contributed by atoms with Crippen molar-refractivity contribution < 1.29 is 4.79 Å². The zero-order valence-corrected chi connectivity index (χ0v) is 15.9. The average molecular weight is 366 g/mol. The first-order valence-electron chi connectivity index (χ1n) is 9.49. The molecular weight excluding hydrogens is 344 g/mol. The van der Waals surface area contributed by atoms with Gasteiger partial charge in [-0.25, -0.2) is 4.98 Å². The van der Waals surface area contributed by atoms with Gasteiger partial charge in [0.15, 0.2) is 5.78 Å². The van der Waals surface area contributed by atoms with E-state index in [1.165, 1.54) is 5.56 Å². The Kier molecular flexibility index (Phi) is 5.16. The van der Waals surface area contributed by atoms with Crippen molar-refractivity contribution in [3.05, 3.63) is 96.1 Å². The normalized spacial score (nSPS) is 11.3. The lowest BCUT2D eigenvalue weighted by molar-refractivity contribution is -0.112. The number of carbonyl (C=O) groups excluding carboxylic acids is 1. The van der Waals surface area contributed by atoms with Gasteiger partial charge in [0.2, 0.25) is 0 Å². The fourth-order valence-corrected chi connectivity index (χ4v) is 3.36. The summed E-state index contributed by atoms with van der Waals surface area (Å²) in [6.07, 6.45) is 4.38. The number of fused-ring (bicyclic) bond motifs is 1. The maximum atomic E-state index is 11.1. The van der Waals surface area contributed by atoms with E-state index in [0.717, 1.165) is 41.0 Å². The van der Waals surface area contributed by atoms with Gasteiger partial charge < -0.3 is 4.57 Å². The van der Waals surface area contributed by atoms with Gasteiger partial charge in [-0.3, -0.25) is 4.79 Å². The van der Waals surface area contributed by atoms with E-state index in [4.69, 9.17) is 4.98 Å². The lowest BCUT2D eigenvalue weighted by atomic mass is 10.1. The quantitative estimate of drug-likeness (QED) is 0.419. The fourth-order valence-electron chi connectivity index (χ4n) is 3.36. The van der Waals surface area contributed by atoms with Crippen LogP contribution in [-0.2, 0) is 17.8 Å². The molecule has 0 aliphatic rings. The van der Waals surface area contributed by atoms with Crippen LogP contribution in [0, 0.1) is 0 Å². The summed E-state index contributed by atoms with van der Waals surface area (Å²) in [4.78, 5) is 16.0. The molecular formula is C25H22N2O. The number of rotatable bonds is 6. The molecule has 0 saturated carbocycles. The van der Waals surface area contributed by atoms with Crippen molar-refractivity contribution in [3.63, 3.8) is 0 Å². The molecule has 0 saturated heterocycles. The van der Waals surface area contributed by atoms with Crippen molar-refractivity contribution in [2.45, 2.75) is 19.9 Å². The zero-order chi connectivity index (χ0) is 19.3. The van der Waals surface area contributed by atoms with Crippen LogP contribution in [0.1, 0.15) is 18.1 Å². The van der Waals surface area contributed by atoms with Gasteiger partial charge in [-0.05, 0) is 42.7 Å². The largest absolute Gasteiger partial charge is 0.324 e. The third-order valence-corrected chi connectivity index (χ3v) is 4.80. The number of para-hydroxylation sites is 2. The minimum atomic E-state index is 0.0479. The van der Waals surface area contributed by atoms with E-state index in [-0.39, 0.29) is 5.78 Å². The molecule has 138 valence electrons. The van der Waals surface area contributed by atoms with Crippen molar-refractivity contribution in [1.82, 2.24) is 9.55 Å². The number of ketones is 1. The van der Waals surface area contributed by atoms with Crippen molar-refractivity contribution >= 4 is 22.9 Å². The van der Waals surface area contributed by atoms with Crippen LogP contribution in [0.25, 0.3) is 28.5 Å². The number of hydrogen-bond acceptors (Lipinski definition) is 2. The molecule has 1 heterocycles. The van der Waals surface area contributed by atoms with Gasteiger partial charge in [0, 0.05) is 12.1 Å². The van der Waals surface area contributed by atoms with E-state index < -0.39 is 0 Å². The minimum Gasteiger partial charge on any atom is -0.324 e. The molecule has 0 bridgehead atoms. The molecule has 3 nitrogen and oxygen atoms in total. The highest BCUT2D eigenvalue weighted by atomic mass is 16.1. The molecule has 0 unspecified atom stereocenters. The summed E-state index contributed by atoms with van der Waals surface area (Å²) in [5.74, 6) is 1.02. The molecule has 4 rings (SSSR count). The van der Waals surface area contributed by atoms with Crippen molar-refractivity contribution in [3.8, 4) is 11.4 Å². The molecule has 0 amide bonds. The highest BCUT2D eigenvalue weighted by Gasteiger charge is 2.12. The number of hydrogen-bond donors (Lipinski definition) is 0. The number of carbonyl (C=O) groups is 1. The number of aromatic nitrogens is 2. The Morgan fingerprint density at radius 2 is 1.64 bits per heavy atom. The van der Waals surface area contributed by atoms with E-state index in [2.05, 4.69) is 59.2 Å². The maximum absolute atomic E-state index is 11.1. The van der Waals surface area contributed by atoms with Crippen LogP contribution < -0.4 is 0 Å². The lowest BCUT2D eigenvalue weighted by Crippen LogP contribution is -2.03. The molecule has 0 N–H and O–H groups in total. The predicted molar refractivity (Wildman–Crippen MR) is 115 cm³/mol. The molecule has 28 heavy (non-hydrogen) atoms. The van der Waals surface area contributed by atoms with Gasteiger partial charge in [0.1, 0.15) is 5.82 Å². The maximum Gasteiger partial charge on any atom is 0.152 e. The molecule has 0 aliphatic heterocycles. The Labute approximate surface area is 165 Å². The summed E-state index contributed by atoms with van der Waals surface area (Å²) in [7, 11) is 0. The Balaban J connectivity index is 1.69. The van der Waals surface area contributed by atoms with Crippen LogP contribution in [-0.4, -0.2) is 15.3 Å². The van der Waals surface area contributed by atoms with Gasteiger partial charge in [0.05, 0.1) is 11.0 Å².